The molecule has 1 aromatic rings. The van der Waals surface area contributed by atoms with Crippen molar-refractivity contribution in [3.05, 3.63) is 26.8 Å². The Bertz CT molecular complexity index is 787. The molecule has 0 bridgehead atoms. The molecule has 11 heteroatoms. The maximum absolute atomic E-state index is 12.4. The minimum atomic E-state index is -5.04. The van der Waals surface area contributed by atoms with Gasteiger partial charge in [0.2, 0.25) is 0 Å². The lowest BCUT2D eigenvalue weighted by Gasteiger charge is -2.23. The Balaban J connectivity index is 3.37. The Kier molecular flexibility index (Phi) is 6.96. The highest BCUT2D eigenvalue weighted by molar-refractivity contribution is 14.1. The Morgan fingerprint density at radius 2 is 1.77 bits per heavy atom. The highest BCUT2D eigenvalue weighted by Gasteiger charge is 2.38. The molecule has 148 valence electrons. The van der Waals surface area contributed by atoms with Crippen LogP contribution in [-0.2, 0) is 27.1 Å². The van der Waals surface area contributed by atoms with E-state index < -0.39 is 28.9 Å². The van der Waals surface area contributed by atoms with Gasteiger partial charge in [0.1, 0.15) is 0 Å². The van der Waals surface area contributed by atoms with Crippen LogP contribution in [0.15, 0.2) is 12.1 Å². The molecule has 0 unspecified atom stereocenters. The van der Waals surface area contributed by atoms with Crippen LogP contribution < -0.4 is 9.50 Å². The molecule has 0 saturated carbocycles. The summed E-state index contributed by atoms with van der Waals surface area (Å²) in [6.45, 7) is 5.16. The standard InChI is InChI=1S/C15H20F3IN2O4S/c1-14(2,3)10-6-9(8-20-13(22)15(16,17)18)12(11(19)7-10)25-26(23,24)21(4)5/h6-7H,8H2,1-5H3,(H,20,22). The second-order valence-corrected chi connectivity index (χ2v) is 9.61. The first-order chi connectivity index (χ1) is 11.6. The van der Waals surface area contributed by atoms with Crippen molar-refractivity contribution in [1.29, 1.82) is 0 Å². The zero-order chi connectivity index (χ0) is 20.5. The first-order valence-corrected chi connectivity index (χ1v) is 9.80. The monoisotopic (exact) mass is 508 g/mol. The Morgan fingerprint density at radius 3 is 2.19 bits per heavy atom. The van der Waals surface area contributed by atoms with Gasteiger partial charge in [0, 0.05) is 26.2 Å². The SMILES string of the molecule is CN(C)S(=O)(=O)Oc1c(I)cc(C(C)(C)C)cc1CNC(=O)C(F)(F)F. The molecule has 0 saturated heterocycles. The summed E-state index contributed by atoms with van der Waals surface area (Å²) in [6, 6.07) is 3.22. The van der Waals surface area contributed by atoms with Gasteiger partial charge in [0.05, 0.1) is 3.57 Å². The van der Waals surface area contributed by atoms with E-state index in [0.717, 1.165) is 9.87 Å². The van der Waals surface area contributed by atoms with Gasteiger partial charge in [0.25, 0.3) is 0 Å². The molecule has 0 aliphatic heterocycles. The molecule has 1 amide bonds. The maximum Gasteiger partial charge on any atom is 0.471 e. The van der Waals surface area contributed by atoms with Crippen molar-refractivity contribution in [2.45, 2.75) is 38.9 Å². The van der Waals surface area contributed by atoms with Crippen molar-refractivity contribution in [1.82, 2.24) is 9.62 Å². The highest BCUT2D eigenvalue weighted by Crippen LogP contribution is 2.34. The van der Waals surface area contributed by atoms with Crippen molar-refractivity contribution < 1.29 is 30.6 Å². The third-order valence-corrected chi connectivity index (χ3v) is 5.39. The lowest BCUT2D eigenvalue weighted by atomic mass is 9.86. The summed E-state index contributed by atoms with van der Waals surface area (Å²) in [5.74, 6) is -2.23. The molecule has 0 radical (unpaired) electrons. The van der Waals surface area contributed by atoms with E-state index in [1.807, 2.05) is 43.4 Å². The van der Waals surface area contributed by atoms with Crippen LogP contribution in [-0.4, -0.2) is 38.9 Å². The number of amides is 1. The number of hydrogen-bond donors (Lipinski definition) is 1. The number of nitrogens with zero attached hydrogens (tertiary/aromatic N) is 1. The zero-order valence-electron chi connectivity index (χ0n) is 14.9. The van der Waals surface area contributed by atoms with E-state index in [4.69, 9.17) is 4.18 Å². The Labute approximate surface area is 164 Å². The molecule has 0 fully saturated rings. The van der Waals surface area contributed by atoms with Crippen molar-refractivity contribution in [2.24, 2.45) is 0 Å². The normalized spacial score (nSPS) is 13.0. The molecule has 0 aliphatic rings. The van der Waals surface area contributed by atoms with E-state index in [2.05, 4.69) is 0 Å². The summed E-state index contributed by atoms with van der Waals surface area (Å²) in [7, 11) is -1.60. The van der Waals surface area contributed by atoms with Crippen LogP contribution in [0.3, 0.4) is 0 Å². The van der Waals surface area contributed by atoms with Crippen LogP contribution >= 0.6 is 22.6 Å². The van der Waals surface area contributed by atoms with Gasteiger partial charge in [-0.05, 0) is 45.7 Å². The average molecular weight is 508 g/mol. The topological polar surface area (TPSA) is 75.7 Å². The minimum absolute atomic E-state index is 0.116. The molecule has 0 atom stereocenters. The molecule has 0 spiro atoms. The zero-order valence-corrected chi connectivity index (χ0v) is 17.8. The molecule has 0 aromatic heterocycles. The van der Waals surface area contributed by atoms with Crippen LogP contribution in [0.1, 0.15) is 31.9 Å². The number of halogens is 4. The summed E-state index contributed by atoms with van der Waals surface area (Å²) in [5, 5.41) is 1.74. The molecule has 1 N–H and O–H groups in total. The first kappa shape index (κ1) is 23.0. The van der Waals surface area contributed by atoms with Gasteiger partial charge in [-0.15, -0.1) is 0 Å². The van der Waals surface area contributed by atoms with Crippen molar-refractivity contribution in [3.63, 3.8) is 0 Å². The molecule has 0 aliphatic carbocycles. The molecular formula is C15H20F3IN2O4S. The van der Waals surface area contributed by atoms with Gasteiger partial charge in [-0.1, -0.05) is 20.8 Å². The van der Waals surface area contributed by atoms with Gasteiger partial charge >= 0.3 is 22.4 Å². The molecule has 1 aromatic carbocycles. The number of carbonyl (C=O) groups excluding carboxylic acids is 1. The number of hydrogen-bond acceptors (Lipinski definition) is 4. The number of alkyl halides is 3. The van der Waals surface area contributed by atoms with Crippen molar-refractivity contribution >= 4 is 38.8 Å². The highest BCUT2D eigenvalue weighted by atomic mass is 127. The van der Waals surface area contributed by atoms with Gasteiger partial charge in [-0.3, -0.25) is 4.79 Å². The van der Waals surface area contributed by atoms with Gasteiger partial charge in [0.15, 0.2) is 5.75 Å². The van der Waals surface area contributed by atoms with Crippen LogP contribution in [0.5, 0.6) is 5.75 Å². The van der Waals surface area contributed by atoms with E-state index in [9.17, 15) is 26.4 Å². The second kappa shape index (κ2) is 7.89. The average Bonchev–Trinajstić information content (AvgIpc) is 2.44. The molecule has 6 nitrogen and oxygen atoms in total. The van der Waals surface area contributed by atoms with Crippen LogP contribution in [0.25, 0.3) is 0 Å². The number of nitrogens with one attached hydrogen (secondary N) is 1. The summed E-state index contributed by atoms with van der Waals surface area (Å²) >= 11 is 1.85. The fourth-order valence-electron chi connectivity index (χ4n) is 1.76. The van der Waals surface area contributed by atoms with Gasteiger partial charge in [-0.2, -0.15) is 25.9 Å². The Morgan fingerprint density at radius 1 is 1.23 bits per heavy atom. The fourth-order valence-corrected chi connectivity index (χ4v) is 3.26. The molecule has 1 rings (SSSR count). The predicted octanol–water partition coefficient (Wildman–Crippen LogP) is 2.95. The van der Waals surface area contributed by atoms with E-state index in [-0.39, 0.29) is 16.7 Å². The third-order valence-electron chi connectivity index (χ3n) is 3.32. The lowest BCUT2D eigenvalue weighted by Crippen LogP contribution is -2.36. The van der Waals surface area contributed by atoms with Gasteiger partial charge in [-0.25, -0.2) is 0 Å². The fraction of sp³-hybridized carbons (Fsp3) is 0.533. The number of carbonyl (C=O) groups is 1. The quantitative estimate of drug-likeness (QED) is 0.621. The summed E-state index contributed by atoms with van der Waals surface area (Å²) in [5.41, 5.74) is 0.541. The predicted molar refractivity (Wildman–Crippen MR) is 99.0 cm³/mol. The minimum Gasteiger partial charge on any atom is -0.369 e. The van der Waals surface area contributed by atoms with E-state index in [1.165, 1.54) is 20.2 Å². The largest absolute Gasteiger partial charge is 0.471 e. The first-order valence-electron chi connectivity index (χ1n) is 7.35. The van der Waals surface area contributed by atoms with Crippen LogP contribution in [0.4, 0.5) is 13.2 Å². The number of rotatable bonds is 5. The molecule has 26 heavy (non-hydrogen) atoms. The van der Waals surface area contributed by atoms with Gasteiger partial charge < -0.3 is 9.50 Å². The Hall–Kier alpha value is -1.08. The van der Waals surface area contributed by atoms with Crippen molar-refractivity contribution in [2.75, 3.05) is 14.1 Å². The van der Waals surface area contributed by atoms with Crippen LogP contribution in [0, 0.1) is 3.57 Å². The summed E-state index contributed by atoms with van der Waals surface area (Å²) in [6.07, 6.45) is -5.04. The maximum atomic E-state index is 12.4. The second-order valence-electron chi connectivity index (χ2n) is 6.70. The smallest absolute Gasteiger partial charge is 0.369 e. The number of benzene rings is 1. The summed E-state index contributed by atoms with van der Waals surface area (Å²) in [4.78, 5) is 11.1. The lowest BCUT2D eigenvalue weighted by molar-refractivity contribution is -0.173. The van der Waals surface area contributed by atoms with E-state index in [0.29, 0.717) is 3.57 Å². The molecular weight excluding hydrogens is 488 g/mol. The molecule has 0 heterocycles. The third kappa shape index (κ3) is 5.98. The van der Waals surface area contributed by atoms with E-state index >= 15 is 0 Å². The van der Waals surface area contributed by atoms with Crippen LogP contribution in [0.2, 0.25) is 0 Å². The summed E-state index contributed by atoms with van der Waals surface area (Å²) < 4.78 is 67.6. The van der Waals surface area contributed by atoms with Crippen molar-refractivity contribution in [3.8, 4) is 5.75 Å². The van der Waals surface area contributed by atoms with E-state index in [1.54, 1.807) is 11.4 Å².